The number of aliphatic carboxylic acids is 1. The molecule has 1 aliphatic heterocycles. The topological polar surface area (TPSA) is 78.0 Å². The first-order valence-corrected chi connectivity index (χ1v) is 6.14. The van der Waals surface area contributed by atoms with Crippen molar-refractivity contribution in [3.63, 3.8) is 0 Å². The molecule has 3 heterocycles. The normalized spacial score (nSPS) is 24.2. The Bertz CT molecular complexity index is 578. The maximum atomic E-state index is 11.1. The zero-order valence-corrected chi connectivity index (χ0v) is 9.89. The van der Waals surface area contributed by atoms with Crippen molar-refractivity contribution in [3.05, 3.63) is 30.1 Å². The molecule has 0 radical (unpaired) electrons. The van der Waals surface area contributed by atoms with Gasteiger partial charge in [-0.3, -0.25) is 4.79 Å². The van der Waals surface area contributed by atoms with E-state index >= 15 is 0 Å². The standard InChI is InChI=1S/C13H15N3O2/c17-13(18)11-6-8(3-5-14-11)10-7-16-12-9(10)2-1-4-15-12/h1-2,4,7-8,11,14H,3,5-6H2,(H,15,16)(H,17,18). The van der Waals surface area contributed by atoms with Crippen molar-refractivity contribution in [2.45, 2.75) is 24.8 Å². The van der Waals surface area contributed by atoms with E-state index in [0.29, 0.717) is 6.42 Å². The van der Waals surface area contributed by atoms with Gasteiger partial charge in [0.2, 0.25) is 0 Å². The minimum absolute atomic E-state index is 0.283. The number of H-pyrrole nitrogens is 1. The second-order valence-electron chi connectivity index (χ2n) is 4.71. The number of aromatic nitrogens is 2. The van der Waals surface area contributed by atoms with Crippen molar-refractivity contribution in [2.75, 3.05) is 6.54 Å². The molecule has 1 aliphatic rings. The lowest BCUT2D eigenvalue weighted by Gasteiger charge is -2.27. The largest absolute Gasteiger partial charge is 0.480 e. The lowest BCUT2D eigenvalue weighted by atomic mass is 9.86. The number of fused-ring (bicyclic) bond motifs is 1. The number of nitrogens with zero attached hydrogens (tertiary/aromatic N) is 1. The van der Waals surface area contributed by atoms with Gasteiger partial charge in [0.15, 0.2) is 0 Å². The summed E-state index contributed by atoms with van der Waals surface area (Å²) in [7, 11) is 0. The Balaban J connectivity index is 1.92. The summed E-state index contributed by atoms with van der Waals surface area (Å²) in [6.45, 7) is 0.745. The molecule has 5 nitrogen and oxygen atoms in total. The summed E-state index contributed by atoms with van der Waals surface area (Å²) in [5.74, 6) is -0.483. The molecular formula is C13H15N3O2. The van der Waals surface area contributed by atoms with Crippen molar-refractivity contribution in [3.8, 4) is 0 Å². The highest BCUT2D eigenvalue weighted by Gasteiger charge is 2.28. The number of aromatic amines is 1. The zero-order valence-electron chi connectivity index (χ0n) is 9.89. The van der Waals surface area contributed by atoms with Crippen LogP contribution in [0.15, 0.2) is 24.5 Å². The highest BCUT2D eigenvalue weighted by molar-refractivity contribution is 5.80. The van der Waals surface area contributed by atoms with Crippen molar-refractivity contribution in [2.24, 2.45) is 0 Å². The van der Waals surface area contributed by atoms with Crippen LogP contribution in [0.3, 0.4) is 0 Å². The van der Waals surface area contributed by atoms with E-state index in [4.69, 9.17) is 5.11 Å². The molecule has 2 unspecified atom stereocenters. The molecule has 0 bridgehead atoms. The van der Waals surface area contributed by atoms with Crippen LogP contribution < -0.4 is 5.32 Å². The van der Waals surface area contributed by atoms with Gasteiger partial charge in [-0.25, -0.2) is 4.98 Å². The van der Waals surface area contributed by atoms with Gasteiger partial charge in [0.1, 0.15) is 11.7 Å². The van der Waals surface area contributed by atoms with Crippen LogP contribution in [0.2, 0.25) is 0 Å². The summed E-state index contributed by atoms with van der Waals surface area (Å²) >= 11 is 0. The minimum Gasteiger partial charge on any atom is -0.480 e. The van der Waals surface area contributed by atoms with Crippen LogP contribution in [0.1, 0.15) is 24.3 Å². The fraction of sp³-hybridized carbons (Fsp3) is 0.385. The van der Waals surface area contributed by atoms with Gasteiger partial charge in [-0.15, -0.1) is 0 Å². The Morgan fingerprint density at radius 3 is 3.22 bits per heavy atom. The number of rotatable bonds is 2. The van der Waals surface area contributed by atoms with Crippen LogP contribution in [0, 0.1) is 0 Å². The number of carboxylic acids is 1. The van der Waals surface area contributed by atoms with Crippen molar-refractivity contribution < 1.29 is 9.90 Å². The summed E-state index contributed by atoms with van der Waals surface area (Å²) in [6, 6.07) is 3.51. The molecule has 2 aromatic heterocycles. The first kappa shape index (κ1) is 11.2. The summed E-state index contributed by atoms with van der Waals surface area (Å²) in [5, 5.41) is 13.2. The fourth-order valence-corrected chi connectivity index (χ4v) is 2.70. The number of nitrogens with one attached hydrogen (secondary N) is 2. The number of piperidine rings is 1. The molecule has 0 aromatic carbocycles. The second-order valence-corrected chi connectivity index (χ2v) is 4.71. The van der Waals surface area contributed by atoms with Crippen molar-refractivity contribution in [1.82, 2.24) is 15.3 Å². The van der Waals surface area contributed by atoms with E-state index in [0.717, 1.165) is 24.0 Å². The summed E-state index contributed by atoms with van der Waals surface area (Å²) in [5.41, 5.74) is 2.06. The highest BCUT2D eigenvalue weighted by atomic mass is 16.4. The first-order valence-electron chi connectivity index (χ1n) is 6.14. The molecule has 3 rings (SSSR count). The van der Waals surface area contributed by atoms with Crippen molar-refractivity contribution >= 4 is 17.0 Å². The third-order valence-corrected chi connectivity index (χ3v) is 3.62. The molecule has 2 aromatic rings. The van der Waals surface area contributed by atoms with E-state index in [-0.39, 0.29) is 5.92 Å². The number of hydrogen-bond donors (Lipinski definition) is 3. The molecule has 5 heteroatoms. The first-order chi connectivity index (χ1) is 8.75. The fourth-order valence-electron chi connectivity index (χ4n) is 2.70. The zero-order chi connectivity index (χ0) is 12.5. The molecule has 3 N–H and O–H groups in total. The molecule has 18 heavy (non-hydrogen) atoms. The van der Waals surface area contributed by atoms with Crippen LogP contribution in [-0.4, -0.2) is 33.6 Å². The number of carboxylic acid groups (broad SMARTS) is 1. The van der Waals surface area contributed by atoms with Crippen LogP contribution in [0.5, 0.6) is 0 Å². The summed E-state index contributed by atoms with van der Waals surface area (Å²) < 4.78 is 0. The Kier molecular flexibility index (Phi) is 2.76. The Hall–Kier alpha value is -1.88. The predicted octanol–water partition coefficient (Wildman–Crippen LogP) is 1.48. The van der Waals surface area contributed by atoms with E-state index < -0.39 is 12.0 Å². The maximum Gasteiger partial charge on any atom is 0.320 e. The SMILES string of the molecule is O=C(O)C1CC(c2c[nH]c3ncccc23)CCN1. The van der Waals surface area contributed by atoms with E-state index in [1.165, 1.54) is 5.56 Å². The molecule has 0 saturated carbocycles. The third-order valence-electron chi connectivity index (χ3n) is 3.62. The van der Waals surface area contributed by atoms with Gasteiger partial charge in [0, 0.05) is 17.8 Å². The van der Waals surface area contributed by atoms with Crippen LogP contribution >= 0.6 is 0 Å². The minimum atomic E-state index is -0.766. The van der Waals surface area contributed by atoms with Gasteiger partial charge in [-0.05, 0) is 43.0 Å². The van der Waals surface area contributed by atoms with E-state index in [1.807, 2.05) is 18.3 Å². The molecule has 1 fully saturated rings. The second kappa shape index (κ2) is 4.42. The van der Waals surface area contributed by atoms with Gasteiger partial charge >= 0.3 is 5.97 Å². The molecular weight excluding hydrogens is 230 g/mol. The van der Waals surface area contributed by atoms with E-state index in [1.54, 1.807) is 6.20 Å². The Morgan fingerprint density at radius 1 is 1.50 bits per heavy atom. The third kappa shape index (κ3) is 1.86. The van der Waals surface area contributed by atoms with Crippen LogP contribution in [0.4, 0.5) is 0 Å². The number of hydrogen-bond acceptors (Lipinski definition) is 3. The van der Waals surface area contributed by atoms with Crippen LogP contribution in [0.25, 0.3) is 11.0 Å². The summed E-state index contributed by atoms with van der Waals surface area (Å²) in [4.78, 5) is 18.5. The van der Waals surface area contributed by atoms with Gasteiger partial charge < -0.3 is 15.4 Å². The lowest BCUT2D eigenvalue weighted by molar-refractivity contribution is -0.140. The van der Waals surface area contributed by atoms with Gasteiger partial charge in [-0.2, -0.15) is 0 Å². The number of pyridine rings is 1. The molecule has 0 aliphatic carbocycles. The lowest BCUT2D eigenvalue weighted by Crippen LogP contribution is -2.42. The average molecular weight is 245 g/mol. The van der Waals surface area contributed by atoms with Gasteiger partial charge in [0.25, 0.3) is 0 Å². The predicted molar refractivity (Wildman–Crippen MR) is 67.5 cm³/mol. The quantitative estimate of drug-likeness (QED) is 0.749. The number of carbonyl (C=O) groups is 1. The molecule has 2 atom stereocenters. The summed E-state index contributed by atoms with van der Waals surface area (Å²) in [6.07, 6.45) is 5.32. The smallest absolute Gasteiger partial charge is 0.320 e. The monoisotopic (exact) mass is 245 g/mol. The highest BCUT2D eigenvalue weighted by Crippen LogP contribution is 2.32. The van der Waals surface area contributed by atoms with E-state index in [2.05, 4.69) is 15.3 Å². The Labute approximate surface area is 104 Å². The maximum absolute atomic E-state index is 11.1. The Morgan fingerprint density at radius 2 is 2.39 bits per heavy atom. The molecule has 94 valence electrons. The van der Waals surface area contributed by atoms with Gasteiger partial charge in [-0.1, -0.05) is 0 Å². The molecule has 0 amide bonds. The molecule has 0 spiro atoms. The average Bonchev–Trinajstić information content (AvgIpc) is 2.82. The van der Waals surface area contributed by atoms with Gasteiger partial charge in [0.05, 0.1) is 0 Å². The van der Waals surface area contributed by atoms with E-state index in [9.17, 15) is 4.79 Å². The van der Waals surface area contributed by atoms with Crippen molar-refractivity contribution in [1.29, 1.82) is 0 Å². The molecule has 1 saturated heterocycles. The van der Waals surface area contributed by atoms with Crippen LogP contribution in [-0.2, 0) is 4.79 Å².